The molecular weight excluding hydrogens is 422 g/mol. The molecular formula is C26H22F2N4O. The summed E-state index contributed by atoms with van der Waals surface area (Å²) in [7, 11) is 1.66. The van der Waals surface area contributed by atoms with Gasteiger partial charge in [0.05, 0.1) is 13.7 Å². The van der Waals surface area contributed by atoms with Gasteiger partial charge >= 0.3 is 0 Å². The zero-order valence-electron chi connectivity index (χ0n) is 18.1. The van der Waals surface area contributed by atoms with E-state index in [2.05, 4.69) is 33.7 Å². The highest BCUT2D eigenvalue weighted by atomic mass is 19.1. The van der Waals surface area contributed by atoms with Crippen LogP contribution in [0, 0.1) is 11.6 Å². The number of fused-ring (bicyclic) bond motifs is 1. The van der Waals surface area contributed by atoms with E-state index in [1.165, 1.54) is 35.4 Å². The molecule has 0 saturated carbocycles. The monoisotopic (exact) mass is 444 g/mol. The second-order valence-electron chi connectivity index (χ2n) is 7.99. The minimum Gasteiger partial charge on any atom is -0.497 e. The van der Waals surface area contributed by atoms with Crippen molar-refractivity contribution >= 4 is 0 Å². The average molecular weight is 444 g/mol. The van der Waals surface area contributed by atoms with Gasteiger partial charge in [-0.05, 0) is 71.8 Å². The third-order valence-electron chi connectivity index (χ3n) is 5.79. The van der Waals surface area contributed by atoms with Crippen molar-refractivity contribution in [1.82, 2.24) is 19.7 Å². The lowest BCUT2D eigenvalue weighted by Crippen LogP contribution is -2.20. The van der Waals surface area contributed by atoms with Crippen molar-refractivity contribution in [3.8, 4) is 28.5 Å². The number of rotatable bonds is 6. The van der Waals surface area contributed by atoms with Crippen LogP contribution in [-0.4, -0.2) is 26.8 Å². The predicted molar refractivity (Wildman–Crippen MR) is 122 cm³/mol. The Balaban J connectivity index is 1.44. The van der Waals surface area contributed by atoms with Crippen LogP contribution in [0.4, 0.5) is 8.78 Å². The third-order valence-corrected chi connectivity index (χ3v) is 5.79. The topological polar surface area (TPSA) is 43.2 Å². The zero-order valence-corrected chi connectivity index (χ0v) is 18.1. The normalized spacial score (nSPS) is 12.6. The number of halogens is 2. The molecule has 0 atom stereocenters. The zero-order chi connectivity index (χ0) is 22.9. The minimum absolute atomic E-state index is 0.321. The number of allylic oxidation sites excluding steroid dienone is 1. The Hall–Kier alpha value is -4.00. The van der Waals surface area contributed by atoms with Gasteiger partial charge in [-0.1, -0.05) is 12.6 Å². The molecule has 2 heterocycles. The highest BCUT2D eigenvalue weighted by Crippen LogP contribution is 2.30. The highest BCUT2D eigenvalue weighted by molar-refractivity contribution is 5.61. The summed E-state index contributed by atoms with van der Waals surface area (Å²) >= 11 is 0. The van der Waals surface area contributed by atoms with Gasteiger partial charge in [0, 0.05) is 29.9 Å². The Morgan fingerprint density at radius 2 is 1.55 bits per heavy atom. The number of methoxy groups -OCH3 is 1. The van der Waals surface area contributed by atoms with Crippen LogP contribution in [0.5, 0.6) is 5.75 Å². The summed E-state index contributed by atoms with van der Waals surface area (Å²) in [5, 5.41) is 4.68. The fraction of sp³-hybridized carbons (Fsp3) is 0.154. The molecule has 5 rings (SSSR count). The van der Waals surface area contributed by atoms with Crippen LogP contribution in [0.25, 0.3) is 22.8 Å². The van der Waals surface area contributed by atoms with Crippen LogP contribution < -0.4 is 4.74 Å². The van der Waals surface area contributed by atoms with E-state index in [9.17, 15) is 8.78 Å². The smallest absolute Gasteiger partial charge is 0.181 e. The number of hydrogen-bond donors (Lipinski definition) is 0. The number of nitrogens with zero attached hydrogens (tertiary/aromatic N) is 4. The average Bonchev–Trinajstić information content (AvgIpc) is 3.44. The summed E-state index contributed by atoms with van der Waals surface area (Å²) < 4.78 is 34.0. The van der Waals surface area contributed by atoms with Crippen LogP contribution in [0.15, 0.2) is 79.0 Å². The van der Waals surface area contributed by atoms with E-state index >= 15 is 0 Å². The van der Waals surface area contributed by atoms with Gasteiger partial charge in [0.25, 0.3) is 0 Å². The van der Waals surface area contributed by atoms with E-state index in [0.29, 0.717) is 23.8 Å². The van der Waals surface area contributed by atoms with Crippen molar-refractivity contribution in [3.05, 3.63) is 102 Å². The number of benzene rings is 3. The van der Waals surface area contributed by atoms with Crippen molar-refractivity contribution < 1.29 is 13.5 Å². The van der Waals surface area contributed by atoms with Gasteiger partial charge in [0.1, 0.15) is 17.4 Å². The molecule has 0 unspecified atom stereocenters. The highest BCUT2D eigenvalue weighted by Gasteiger charge is 2.22. The molecule has 0 bridgehead atoms. The van der Waals surface area contributed by atoms with Gasteiger partial charge in [-0.3, -0.25) is 0 Å². The molecule has 1 aromatic heterocycles. The summed E-state index contributed by atoms with van der Waals surface area (Å²) in [5.41, 5.74) is 4.76. The minimum atomic E-state index is -0.324. The molecule has 0 fully saturated rings. The molecule has 5 nitrogen and oxygen atoms in total. The molecule has 0 saturated heterocycles. The first-order valence-electron chi connectivity index (χ1n) is 10.6. The van der Waals surface area contributed by atoms with Crippen molar-refractivity contribution in [3.63, 3.8) is 0 Å². The Morgan fingerprint density at radius 1 is 0.909 bits per heavy atom. The maximum atomic E-state index is 13.5. The fourth-order valence-corrected chi connectivity index (χ4v) is 3.98. The van der Waals surface area contributed by atoms with Crippen LogP contribution in [-0.2, 0) is 19.6 Å². The molecule has 166 valence electrons. The lowest BCUT2D eigenvalue weighted by Gasteiger charge is -2.21. The largest absolute Gasteiger partial charge is 0.497 e. The molecule has 7 heteroatoms. The first-order chi connectivity index (χ1) is 16.0. The molecule has 0 amide bonds. The molecule has 0 spiro atoms. The number of aromatic nitrogens is 3. The quantitative estimate of drug-likeness (QED) is 0.398. The van der Waals surface area contributed by atoms with Crippen LogP contribution in [0.1, 0.15) is 11.1 Å². The van der Waals surface area contributed by atoms with Gasteiger partial charge in [0.2, 0.25) is 0 Å². The molecule has 0 aliphatic carbocycles. The Labute approximate surface area is 190 Å². The summed E-state index contributed by atoms with van der Waals surface area (Å²) in [4.78, 5) is 6.87. The summed E-state index contributed by atoms with van der Waals surface area (Å²) in [5.74, 6) is 1.25. The molecule has 1 aliphatic rings. The first-order valence-corrected chi connectivity index (χ1v) is 10.6. The second-order valence-corrected chi connectivity index (χ2v) is 7.99. The summed E-state index contributed by atoms with van der Waals surface area (Å²) in [6, 6.07) is 18.3. The van der Waals surface area contributed by atoms with Gasteiger partial charge in [-0.2, -0.15) is 5.10 Å². The molecule has 33 heavy (non-hydrogen) atoms. The van der Waals surface area contributed by atoms with Gasteiger partial charge in [0.15, 0.2) is 11.6 Å². The maximum Gasteiger partial charge on any atom is 0.181 e. The summed E-state index contributed by atoms with van der Waals surface area (Å²) in [6.07, 6.45) is 0. The Bertz CT molecular complexity index is 1310. The van der Waals surface area contributed by atoms with Gasteiger partial charge < -0.3 is 9.64 Å². The van der Waals surface area contributed by atoms with Gasteiger partial charge in [-0.25, -0.2) is 18.4 Å². The third kappa shape index (κ3) is 4.22. The van der Waals surface area contributed by atoms with E-state index in [0.717, 1.165) is 30.1 Å². The van der Waals surface area contributed by atoms with E-state index in [1.807, 2.05) is 6.07 Å². The van der Waals surface area contributed by atoms with E-state index in [-0.39, 0.29) is 11.6 Å². The van der Waals surface area contributed by atoms with Crippen molar-refractivity contribution in [2.24, 2.45) is 0 Å². The SMILES string of the molecule is C=C(Cn1nc(-c2ccc(F)cc2)nc1-c1ccc(F)cc1)N1Cc2ccc(OC)cc2C1. The summed E-state index contributed by atoms with van der Waals surface area (Å²) in [6.45, 7) is 6.19. The van der Waals surface area contributed by atoms with Crippen LogP contribution in [0.3, 0.4) is 0 Å². The lowest BCUT2D eigenvalue weighted by atomic mass is 10.1. The Morgan fingerprint density at radius 3 is 2.21 bits per heavy atom. The lowest BCUT2D eigenvalue weighted by molar-refractivity contribution is 0.339. The maximum absolute atomic E-state index is 13.5. The van der Waals surface area contributed by atoms with Crippen molar-refractivity contribution in [2.45, 2.75) is 19.6 Å². The predicted octanol–water partition coefficient (Wildman–Crippen LogP) is 5.43. The van der Waals surface area contributed by atoms with Crippen molar-refractivity contribution in [2.75, 3.05) is 7.11 Å². The molecule has 1 aliphatic heterocycles. The van der Waals surface area contributed by atoms with Crippen LogP contribution in [0.2, 0.25) is 0 Å². The van der Waals surface area contributed by atoms with Crippen LogP contribution >= 0.6 is 0 Å². The fourth-order valence-electron chi connectivity index (χ4n) is 3.98. The van der Waals surface area contributed by atoms with E-state index < -0.39 is 0 Å². The molecule has 3 aromatic carbocycles. The van der Waals surface area contributed by atoms with E-state index in [4.69, 9.17) is 4.74 Å². The molecule has 0 radical (unpaired) electrons. The van der Waals surface area contributed by atoms with Gasteiger partial charge in [-0.15, -0.1) is 0 Å². The van der Waals surface area contributed by atoms with Crippen molar-refractivity contribution in [1.29, 1.82) is 0 Å². The Kier molecular flexibility index (Phi) is 5.38. The number of ether oxygens (including phenoxy) is 1. The molecule has 0 N–H and O–H groups in total. The molecule has 4 aromatic rings. The second kappa shape index (κ2) is 8.50. The number of hydrogen-bond acceptors (Lipinski definition) is 4. The van der Waals surface area contributed by atoms with E-state index in [1.54, 1.807) is 36.1 Å². The standard InChI is InChI=1S/C26H22F2N4O/c1-17(31-15-20-7-12-24(33-2)13-21(20)16-31)14-32-26(19-5-10-23(28)11-6-19)29-25(30-32)18-3-8-22(27)9-4-18/h3-13H,1,14-16H2,2H3. The first kappa shape index (κ1) is 20.9.